The Hall–Kier alpha value is -1.88. The fourth-order valence-electron chi connectivity index (χ4n) is 1.36. The number of nitrogens with two attached hydrogens (primary N) is 1. The van der Waals surface area contributed by atoms with E-state index in [0.717, 1.165) is 5.56 Å². The van der Waals surface area contributed by atoms with Gasteiger partial charge in [0.1, 0.15) is 0 Å². The monoisotopic (exact) mass is 236 g/mol. The number of carbonyl (C=O) groups is 2. The minimum absolute atomic E-state index is 0.147. The number of hydrogen-bond donors (Lipinski definition) is 2. The summed E-state index contributed by atoms with van der Waals surface area (Å²) in [5, 5.41) is 2.93. The molecule has 0 fully saturated rings. The predicted molar refractivity (Wildman–Crippen MR) is 63.3 cm³/mol. The van der Waals surface area contributed by atoms with Gasteiger partial charge in [-0.15, -0.1) is 0 Å². The maximum atomic E-state index is 11.0. The highest BCUT2D eigenvalue weighted by Crippen LogP contribution is 2.04. The molecule has 1 rings (SSSR count). The van der Waals surface area contributed by atoms with Crippen molar-refractivity contribution < 1.29 is 14.3 Å². The first-order valence-electron chi connectivity index (χ1n) is 5.38. The largest absolute Gasteiger partial charge is 0.465 e. The van der Waals surface area contributed by atoms with Crippen molar-refractivity contribution in [3.63, 3.8) is 0 Å². The second-order valence-corrected chi connectivity index (χ2v) is 3.47. The number of carbonyl (C=O) groups excluding carboxylic acids is 2. The molecule has 3 N–H and O–H groups in total. The SMILES string of the molecule is CCOC(=O)CNCc1cccc(C(N)=O)c1. The third-order valence-corrected chi connectivity index (χ3v) is 2.12. The van der Waals surface area contributed by atoms with E-state index in [0.29, 0.717) is 18.7 Å². The number of nitrogens with one attached hydrogen (secondary N) is 1. The molecule has 0 heterocycles. The van der Waals surface area contributed by atoms with Gasteiger partial charge in [0.2, 0.25) is 5.91 Å². The highest BCUT2D eigenvalue weighted by Gasteiger charge is 2.03. The van der Waals surface area contributed by atoms with Crippen LogP contribution in [-0.2, 0) is 16.1 Å². The summed E-state index contributed by atoms with van der Waals surface area (Å²) in [6.07, 6.45) is 0. The Kier molecular flexibility index (Phi) is 5.16. The maximum absolute atomic E-state index is 11.0. The summed E-state index contributed by atoms with van der Waals surface area (Å²) in [5.41, 5.74) is 6.52. The molecule has 0 unspecified atom stereocenters. The molecule has 0 saturated carbocycles. The molecule has 0 aromatic heterocycles. The molecule has 0 spiro atoms. The molecule has 1 amide bonds. The predicted octanol–water partition coefficient (Wildman–Crippen LogP) is 0.438. The van der Waals surface area contributed by atoms with E-state index in [-0.39, 0.29) is 12.5 Å². The Bertz CT molecular complexity index is 404. The van der Waals surface area contributed by atoms with E-state index in [2.05, 4.69) is 5.32 Å². The molecular formula is C12H16N2O3. The molecular weight excluding hydrogens is 220 g/mol. The van der Waals surface area contributed by atoms with E-state index in [1.165, 1.54) is 0 Å². The van der Waals surface area contributed by atoms with Crippen LogP contribution in [-0.4, -0.2) is 25.0 Å². The van der Waals surface area contributed by atoms with E-state index in [1.54, 1.807) is 25.1 Å². The molecule has 5 heteroatoms. The van der Waals surface area contributed by atoms with Crippen molar-refractivity contribution in [2.75, 3.05) is 13.2 Å². The fraction of sp³-hybridized carbons (Fsp3) is 0.333. The van der Waals surface area contributed by atoms with E-state index in [9.17, 15) is 9.59 Å². The molecule has 0 saturated heterocycles. The van der Waals surface area contributed by atoms with Crippen LogP contribution in [0, 0.1) is 0 Å². The molecule has 92 valence electrons. The molecule has 0 bridgehead atoms. The third-order valence-electron chi connectivity index (χ3n) is 2.12. The molecule has 0 radical (unpaired) electrons. The molecule has 0 aliphatic heterocycles. The molecule has 17 heavy (non-hydrogen) atoms. The number of primary amides is 1. The van der Waals surface area contributed by atoms with E-state index in [1.807, 2.05) is 6.07 Å². The van der Waals surface area contributed by atoms with Crippen molar-refractivity contribution in [1.29, 1.82) is 0 Å². The molecule has 1 aromatic rings. The number of hydrogen-bond acceptors (Lipinski definition) is 4. The minimum atomic E-state index is -0.461. The second kappa shape index (κ2) is 6.65. The van der Waals surface area contributed by atoms with E-state index < -0.39 is 5.91 Å². The topological polar surface area (TPSA) is 81.4 Å². The summed E-state index contributed by atoms with van der Waals surface area (Å²) in [5.74, 6) is -0.754. The van der Waals surface area contributed by atoms with E-state index >= 15 is 0 Å². The van der Waals surface area contributed by atoms with Crippen molar-refractivity contribution in [3.05, 3.63) is 35.4 Å². The summed E-state index contributed by atoms with van der Waals surface area (Å²) in [4.78, 5) is 22.0. The fourth-order valence-corrected chi connectivity index (χ4v) is 1.36. The molecule has 5 nitrogen and oxygen atoms in total. The summed E-state index contributed by atoms with van der Waals surface area (Å²) in [6, 6.07) is 6.95. The van der Waals surface area contributed by atoms with Crippen LogP contribution < -0.4 is 11.1 Å². The average molecular weight is 236 g/mol. The van der Waals surface area contributed by atoms with Crippen molar-refractivity contribution in [2.45, 2.75) is 13.5 Å². The number of amides is 1. The van der Waals surface area contributed by atoms with Crippen LogP contribution in [0.4, 0.5) is 0 Å². The number of rotatable bonds is 6. The van der Waals surface area contributed by atoms with Crippen LogP contribution in [0.3, 0.4) is 0 Å². The first-order chi connectivity index (χ1) is 8.13. The zero-order valence-electron chi connectivity index (χ0n) is 9.73. The van der Waals surface area contributed by atoms with Gasteiger partial charge in [-0.1, -0.05) is 12.1 Å². The van der Waals surface area contributed by atoms with Crippen LogP contribution >= 0.6 is 0 Å². The zero-order valence-corrected chi connectivity index (χ0v) is 9.73. The van der Waals surface area contributed by atoms with Gasteiger partial charge < -0.3 is 15.8 Å². The van der Waals surface area contributed by atoms with Gasteiger partial charge in [0.25, 0.3) is 0 Å². The summed E-state index contributed by atoms with van der Waals surface area (Å²) >= 11 is 0. The number of benzene rings is 1. The molecule has 1 aromatic carbocycles. The lowest BCUT2D eigenvalue weighted by atomic mass is 10.1. The van der Waals surface area contributed by atoms with Crippen LogP contribution in [0.1, 0.15) is 22.8 Å². The van der Waals surface area contributed by atoms with Gasteiger partial charge in [0, 0.05) is 12.1 Å². The normalized spacial score (nSPS) is 9.94. The van der Waals surface area contributed by atoms with Crippen molar-refractivity contribution in [1.82, 2.24) is 5.32 Å². The van der Waals surface area contributed by atoms with Gasteiger partial charge in [-0.2, -0.15) is 0 Å². The Labute approximate surface area is 99.9 Å². The lowest BCUT2D eigenvalue weighted by Crippen LogP contribution is -2.24. The zero-order chi connectivity index (χ0) is 12.7. The van der Waals surface area contributed by atoms with Gasteiger partial charge in [0.05, 0.1) is 13.2 Å². The number of ether oxygens (including phenoxy) is 1. The Morgan fingerprint density at radius 1 is 1.41 bits per heavy atom. The molecule has 0 aliphatic carbocycles. The average Bonchev–Trinajstić information content (AvgIpc) is 2.30. The second-order valence-electron chi connectivity index (χ2n) is 3.47. The quantitative estimate of drug-likeness (QED) is 0.702. The third kappa shape index (κ3) is 4.65. The van der Waals surface area contributed by atoms with Crippen LogP contribution in [0.2, 0.25) is 0 Å². The first-order valence-corrected chi connectivity index (χ1v) is 5.38. The highest BCUT2D eigenvalue weighted by atomic mass is 16.5. The molecule has 0 atom stereocenters. The smallest absolute Gasteiger partial charge is 0.319 e. The first kappa shape index (κ1) is 13.2. The summed E-state index contributed by atoms with van der Waals surface area (Å²) in [7, 11) is 0. The lowest BCUT2D eigenvalue weighted by molar-refractivity contribution is -0.142. The van der Waals surface area contributed by atoms with Gasteiger partial charge in [-0.05, 0) is 24.6 Å². The van der Waals surface area contributed by atoms with Crippen molar-refractivity contribution >= 4 is 11.9 Å². The van der Waals surface area contributed by atoms with Crippen LogP contribution in [0.25, 0.3) is 0 Å². The number of esters is 1. The van der Waals surface area contributed by atoms with Gasteiger partial charge in [0.15, 0.2) is 0 Å². The van der Waals surface area contributed by atoms with Crippen molar-refractivity contribution in [3.8, 4) is 0 Å². The standard InChI is InChI=1S/C12H16N2O3/c1-2-17-11(15)8-14-7-9-4-3-5-10(6-9)12(13)16/h3-6,14H,2,7-8H2,1H3,(H2,13,16). The Balaban J connectivity index is 2.44. The highest BCUT2D eigenvalue weighted by molar-refractivity contribution is 5.92. The maximum Gasteiger partial charge on any atom is 0.319 e. The van der Waals surface area contributed by atoms with Gasteiger partial charge in [-0.25, -0.2) is 0 Å². The molecule has 0 aliphatic rings. The van der Waals surface area contributed by atoms with E-state index in [4.69, 9.17) is 10.5 Å². The van der Waals surface area contributed by atoms with Gasteiger partial charge >= 0.3 is 5.97 Å². The summed E-state index contributed by atoms with van der Waals surface area (Å²) < 4.78 is 4.77. The minimum Gasteiger partial charge on any atom is -0.465 e. The van der Waals surface area contributed by atoms with Crippen LogP contribution in [0.5, 0.6) is 0 Å². The van der Waals surface area contributed by atoms with Crippen LogP contribution in [0.15, 0.2) is 24.3 Å². The lowest BCUT2D eigenvalue weighted by Gasteiger charge is -2.05. The van der Waals surface area contributed by atoms with Crippen molar-refractivity contribution in [2.24, 2.45) is 5.73 Å². The Morgan fingerprint density at radius 2 is 2.18 bits per heavy atom. The van der Waals surface area contributed by atoms with Gasteiger partial charge in [-0.3, -0.25) is 9.59 Å². The summed E-state index contributed by atoms with van der Waals surface area (Å²) in [6.45, 7) is 2.76. The Morgan fingerprint density at radius 3 is 2.82 bits per heavy atom.